The first-order valence-electron chi connectivity index (χ1n) is 6.87. The molecule has 1 aliphatic carbocycles. The summed E-state index contributed by atoms with van der Waals surface area (Å²) in [5.74, 6) is 0.0939. The lowest BCUT2D eigenvalue weighted by molar-refractivity contribution is 0.164. The van der Waals surface area contributed by atoms with Crippen LogP contribution in [-0.2, 0) is 10.2 Å². The first kappa shape index (κ1) is 14.2. The Morgan fingerprint density at radius 3 is 2.72 bits per heavy atom. The maximum atomic E-state index is 12.2. The molecule has 2 N–H and O–H groups in total. The van der Waals surface area contributed by atoms with Gasteiger partial charge in [-0.15, -0.1) is 0 Å². The van der Waals surface area contributed by atoms with Crippen LogP contribution in [0, 0.1) is 11.3 Å². The number of nitrogens with one attached hydrogen (secondary N) is 1. The Balaban J connectivity index is 1.89. The zero-order valence-corrected chi connectivity index (χ0v) is 11.9. The highest BCUT2D eigenvalue weighted by atomic mass is 32.2. The van der Waals surface area contributed by atoms with Crippen molar-refractivity contribution in [2.75, 3.05) is 26.2 Å². The lowest BCUT2D eigenvalue weighted by Crippen LogP contribution is -2.47. The molecular formula is C12H24N2O3S. The van der Waals surface area contributed by atoms with Crippen molar-refractivity contribution in [1.82, 2.24) is 9.03 Å². The molecule has 0 bridgehead atoms. The molecule has 5 nitrogen and oxygen atoms in total. The van der Waals surface area contributed by atoms with Crippen molar-refractivity contribution in [3.8, 4) is 0 Å². The smallest absolute Gasteiger partial charge is 0.279 e. The molecule has 0 aromatic rings. The Labute approximate surface area is 110 Å². The zero-order valence-electron chi connectivity index (χ0n) is 11.1. The van der Waals surface area contributed by atoms with E-state index in [4.69, 9.17) is 5.11 Å². The Kier molecular flexibility index (Phi) is 4.31. The van der Waals surface area contributed by atoms with Gasteiger partial charge in [0.1, 0.15) is 0 Å². The molecule has 1 heterocycles. The van der Waals surface area contributed by atoms with Gasteiger partial charge in [0.25, 0.3) is 10.2 Å². The van der Waals surface area contributed by atoms with Crippen LogP contribution >= 0.6 is 0 Å². The molecule has 0 radical (unpaired) electrons. The third-order valence-corrected chi connectivity index (χ3v) is 5.94. The van der Waals surface area contributed by atoms with E-state index < -0.39 is 10.2 Å². The van der Waals surface area contributed by atoms with E-state index in [0.29, 0.717) is 19.6 Å². The Hall–Kier alpha value is -0.170. The topological polar surface area (TPSA) is 69.6 Å². The molecule has 1 saturated carbocycles. The van der Waals surface area contributed by atoms with E-state index in [0.717, 1.165) is 32.1 Å². The Bertz CT molecular complexity index is 379. The number of aliphatic hydroxyl groups is 1. The Morgan fingerprint density at radius 2 is 2.17 bits per heavy atom. The number of aliphatic hydroxyl groups excluding tert-OH is 1. The average Bonchev–Trinajstić information content (AvgIpc) is 3.17. The highest BCUT2D eigenvalue weighted by Crippen LogP contribution is 2.48. The van der Waals surface area contributed by atoms with Crippen LogP contribution in [0.4, 0.5) is 0 Å². The van der Waals surface area contributed by atoms with Crippen molar-refractivity contribution >= 4 is 10.2 Å². The van der Waals surface area contributed by atoms with Gasteiger partial charge >= 0.3 is 0 Å². The van der Waals surface area contributed by atoms with Crippen molar-refractivity contribution in [2.24, 2.45) is 11.3 Å². The summed E-state index contributed by atoms with van der Waals surface area (Å²) in [5.41, 5.74) is 0.221. The standard InChI is InChI=1S/C12H24N2O3S/c1-2-12(5-6-12)10-13-18(16,17)14-7-3-4-11(8-14)9-15/h11,13,15H,2-10H2,1H3. The van der Waals surface area contributed by atoms with Crippen molar-refractivity contribution in [2.45, 2.75) is 39.0 Å². The number of hydrogen-bond donors (Lipinski definition) is 2. The van der Waals surface area contributed by atoms with Crippen molar-refractivity contribution in [3.63, 3.8) is 0 Å². The highest BCUT2D eigenvalue weighted by molar-refractivity contribution is 7.87. The molecule has 6 heteroatoms. The quantitative estimate of drug-likeness (QED) is 0.751. The summed E-state index contributed by atoms with van der Waals surface area (Å²) >= 11 is 0. The third-order valence-electron chi connectivity index (χ3n) is 4.42. The average molecular weight is 276 g/mol. The molecule has 18 heavy (non-hydrogen) atoms. The molecule has 1 unspecified atom stereocenters. The molecular weight excluding hydrogens is 252 g/mol. The molecule has 0 amide bonds. The van der Waals surface area contributed by atoms with Gasteiger partial charge in [0.15, 0.2) is 0 Å². The first-order chi connectivity index (χ1) is 8.51. The fraction of sp³-hybridized carbons (Fsp3) is 1.00. The third kappa shape index (κ3) is 3.23. The fourth-order valence-corrected chi connectivity index (χ4v) is 4.01. The summed E-state index contributed by atoms with van der Waals surface area (Å²) in [6.07, 6.45) is 5.05. The lowest BCUT2D eigenvalue weighted by Gasteiger charge is -2.31. The summed E-state index contributed by atoms with van der Waals surface area (Å²) < 4.78 is 28.6. The van der Waals surface area contributed by atoms with Gasteiger partial charge in [0, 0.05) is 26.2 Å². The molecule has 2 aliphatic rings. The van der Waals surface area contributed by atoms with Crippen LogP contribution in [0.25, 0.3) is 0 Å². The SMILES string of the molecule is CCC1(CNS(=O)(=O)N2CCCC(CO)C2)CC1. The van der Waals surface area contributed by atoms with Gasteiger partial charge in [-0.2, -0.15) is 12.7 Å². The largest absolute Gasteiger partial charge is 0.396 e. The zero-order chi connectivity index (χ0) is 13.2. The maximum Gasteiger partial charge on any atom is 0.279 e. The molecule has 2 fully saturated rings. The minimum absolute atomic E-state index is 0.0743. The van der Waals surface area contributed by atoms with Crippen LogP contribution in [0.15, 0.2) is 0 Å². The van der Waals surface area contributed by atoms with Crippen LogP contribution in [-0.4, -0.2) is 44.1 Å². The summed E-state index contributed by atoms with van der Waals surface area (Å²) in [4.78, 5) is 0. The van der Waals surface area contributed by atoms with Crippen LogP contribution in [0.5, 0.6) is 0 Å². The highest BCUT2D eigenvalue weighted by Gasteiger charge is 2.42. The van der Waals surface area contributed by atoms with Crippen molar-refractivity contribution in [3.05, 3.63) is 0 Å². The second kappa shape index (κ2) is 5.45. The molecule has 106 valence electrons. The normalized spacial score (nSPS) is 28.2. The monoisotopic (exact) mass is 276 g/mol. The van der Waals surface area contributed by atoms with Crippen LogP contribution in [0.3, 0.4) is 0 Å². The fourth-order valence-electron chi connectivity index (χ4n) is 2.56. The summed E-state index contributed by atoms with van der Waals surface area (Å²) in [6, 6.07) is 0. The number of nitrogens with zero attached hydrogens (tertiary/aromatic N) is 1. The Morgan fingerprint density at radius 1 is 1.44 bits per heavy atom. The van der Waals surface area contributed by atoms with Crippen LogP contribution in [0.1, 0.15) is 39.0 Å². The molecule has 2 rings (SSSR count). The van der Waals surface area contributed by atoms with E-state index in [1.165, 1.54) is 4.31 Å². The molecule has 1 aliphatic heterocycles. The molecule has 0 aromatic carbocycles. The molecule has 0 spiro atoms. The number of hydrogen-bond acceptors (Lipinski definition) is 3. The van der Waals surface area contributed by atoms with Gasteiger partial charge in [0.05, 0.1) is 0 Å². The van der Waals surface area contributed by atoms with E-state index in [-0.39, 0.29) is 17.9 Å². The van der Waals surface area contributed by atoms with Crippen LogP contribution < -0.4 is 4.72 Å². The van der Waals surface area contributed by atoms with E-state index in [1.54, 1.807) is 0 Å². The minimum Gasteiger partial charge on any atom is -0.396 e. The second-order valence-corrected chi connectivity index (χ2v) is 7.48. The van der Waals surface area contributed by atoms with Gasteiger partial charge in [-0.1, -0.05) is 6.92 Å². The lowest BCUT2D eigenvalue weighted by atomic mass is 10.0. The van der Waals surface area contributed by atoms with Crippen molar-refractivity contribution in [1.29, 1.82) is 0 Å². The first-order valence-corrected chi connectivity index (χ1v) is 8.31. The predicted octanol–water partition coefficient (Wildman–Crippen LogP) is 0.715. The van der Waals surface area contributed by atoms with E-state index in [9.17, 15) is 8.42 Å². The molecule has 1 atom stereocenters. The minimum atomic E-state index is -3.36. The van der Waals surface area contributed by atoms with Crippen LogP contribution in [0.2, 0.25) is 0 Å². The number of rotatable bonds is 6. The van der Waals surface area contributed by atoms with E-state index in [2.05, 4.69) is 11.6 Å². The van der Waals surface area contributed by atoms with Gasteiger partial charge < -0.3 is 5.11 Å². The maximum absolute atomic E-state index is 12.2. The van der Waals surface area contributed by atoms with Gasteiger partial charge in [-0.05, 0) is 43.4 Å². The van der Waals surface area contributed by atoms with E-state index >= 15 is 0 Å². The van der Waals surface area contributed by atoms with Gasteiger partial charge in [-0.25, -0.2) is 4.72 Å². The summed E-state index contributed by atoms with van der Waals surface area (Å²) in [7, 11) is -3.36. The molecule has 1 saturated heterocycles. The summed E-state index contributed by atoms with van der Waals surface area (Å²) in [6.45, 7) is 3.77. The number of piperidine rings is 1. The van der Waals surface area contributed by atoms with Crippen molar-refractivity contribution < 1.29 is 13.5 Å². The van der Waals surface area contributed by atoms with Gasteiger partial charge in [-0.3, -0.25) is 0 Å². The predicted molar refractivity (Wildman–Crippen MR) is 70.3 cm³/mol. The van der Waals surface area contributed by atoms with E-state index in [1.807, 2.05) is 0 Å². The summed E-state index contributed by atoms with van der Waals surface area (Å²) in [5, 5.41) is 9.14. The second-order valence-electron chi connectivity index (χ2n) is 5.73. The molecule has 0 aromatic heterocycles. The van der Waals surface area contributed by atoms with Gasteiger partial charge in [0.2, 0.25) is 0 Å².